The Morgan fingerprint density at radius 3 is 2.17 bits per heavy atom. The first-order valence-electron chi connectivity index (χ1n) is 6.52. The van der Waals surface area contributed by atoms with Crippen molar-refractivity contribution in [3.63, 3.8) is 0 Å². The van der Waals surface area contributed by atoms with Gasteiger partial charge in [-0.05, 0) is 42.0 Å². The fraction of sp³-hybridized carbons (Fsp3) is 0.0714. The van der Waals surface area contributed by atoms with E-state index in [2.05, 4.69) is 5.32 Å². The second-order valence-electron chi connectivity index (χ2n) is 4.84. The minimum Gasteiger partial charge on any atom is -0.348 e. The topological polar surface area (TPSA) is 123 Å². The molecule has 0 saturated heterocycles. The summed E-state index contributed by atoms with van der Waals surface area (Å²) in [6, 6.07) is 10.0. The predicted octanol–water partition coefficient (Wildman–Crippen LogP) is 0.922. The third-order valence-corrected chi connectivity index (χ3v) is 4.82. The van der Waals surface area contributed by atoms with Crippen LogP contribution < -0.4 is 10.5 Å². The Morgan fingerprint density at radius 1 is 1.00 bits per heavy atom. The normalized spacial score (nSPS) is 11.9. The van der Waals surface area contributed by atoms with Crippen LogP contribution in [0.2, 0.25) is 0 Å². The van der Waals surface area contributed by atoms with Crippen molar-refractivity contribution in [2.24, 2.45) is 5.14 Å². The zero-order valence-electron chi connectivity index (χ0n) is 12.1. The van der Waals surface area contributed by atoms with Gasteiger partial charge in [0.2, 0.25) is 10.0 Å². The Kier molecular flexibility index (Phi) is 5.02. The van der Waals surface area contributed by atoms with Crippen LogP contribution in [0.4, 0.5) is 3.89 Å². The fourth-order valence-electron chi connectivity index (χ4n) is 1.89. The second kappa shape index (κ2) is 6.67. The van der Waals surface area contributed by atoms with Gasteiger partial charge in [0.05, 0.1) is 9.79 Å². The molecule has 10 heteroatoms. The molecule has 0 saturated carbocycles. The van der Waals surface area contributed by atoms with Gasteiger partial charge in [0.15, 0.2) is 0 Å². The van der Waals surface area contributed by atoms with Crippen LogP contribution in [0.3, 0.4) is 0 Å². The number of nitrogens with two attached hydrogens (primary N) is 1. The molecular weight excluding hydrogens is 359 g/mol. The number of hydrogen-bond acceptors (Lipinski definition) is 5. The van der Waals surface area contributed by atoms with Crippen LogP contribution >= 0.6 is 0 Å². The van der Waals surface area contributed by atoms with Crippen molar-refractivity contribution < 1.29 is 25.5 Å². The first-order valence-corrected chi connectivity index (χ1v) is 9.45. The first kappa shape index (κ1) is 18.0. The summed E-state index contributed by atoms with van der Waals surface area (Å²) in [5.41, 5.74) is 0.642. The molecule has 0 unspecified atom stereocenters. The van der Waals surface area contributed by atoms with Crippen LogP contribution in [0.5, 0.6) is 0 Å². The average molecular weight is 372 g/mol. The maximum absolute atomic E-state index is 12.8. The van der Waals surface area contributed by atoms with Gasteiger partial charge >= 0.3 is 10.2 Å². The highest BCUT2D eigenvalue weighted by Gasteiger charge is 2.13. The van der Waals surface area contributed by atoms with Crippen molar-refractivity contribution in [2.45, 2.75) is 16.3 Å². The largest absolute Gasteiger partial charge is 0.348 e. The monoisotopic (exact) mass is 372 g/mol. The molecule has 0 atom stereocenters. The third kappa shape index (κ3) is 4.60. The molecular formula is C14H13FN2O5S2. The van der Waals surface area contributed by atoms with E-state index in [1.54, 1.807) is 6.07 Å². The van der Waals surface area contributed by atoms with Gasteiger partial charge in [-0.2, -0.15) is 8.42 Å². The van der Waals surface area contributed by atoms with E-state index in [9.17, 15) is 25.5 Å². The number of amides is 1. The lowest BCUT2D eigenvalue weighted by molar-refractivity contribution is 0.0950. The van der Waals surface area contributed by atoms with Crippen molar-refractivity contribution >= 4 is 26.2 Å². The van der Waals surface area contributed by atoms with E-state index in [0.717, 1.165) is 12.1 Å². The summed E-state index contributed by atoms with van der Waals surface area (Å²) in [5, 5.41) is 7.56. The summed E-state index contributed by atoms with van der Waals surface area (Å²) in [6.45, 7) is 0.0331. The van der Waals surface area contributed by atoms with Crippen molar-refractivity contribution in [1.29, 1.82) is 0 Å². The number of benzene rings is 2. The van der Waals surface area contributed by atoms with Crippen molar-refractivity contribution in [2.75, 3.05) is 0 Å². The van der Waals surface area contributed by atoms with E-state index < -0.39 is 31.0 Å². The maximum atomic E-state index is 12.8. The van der Waals surface area contributed by atoms with Gasteiger partial charge in [0.1, 0.15) is 0 Å². The van der Waals surface area contributed by atoms with Gasteiger partial charge in [-0.3, -0.25) is 4.79 Å². The molecule has 0 radical (unpaired) electrons. The molecule has 0 heterocycles. The molecule has 1 amide bonds. The number of halogens is 1. The summed E-state index contributed by atoms with van der Waals surface area (Å²) < 4.78 is 56.7. The molecule has 0 aliphatic rings. The van der Waals surface area contributed by atoms with E-state index in [-0.39, 0.29) is 17.0 Å². The van der Waals surface area contributed by atoms with Crippen molar-refractivity contribution in [1.82, 2.24) is 5.32 Å². The highest BCUT2D eigenvalue weighted by molar-refractivity contribution is 7.89. The summed E-state index contributed by atoms with van der Waals surface area (Å²) >= 11 is 0. The molecule has 0 fully saturated rings. The zero-order valence-corrected chi connectivity index (χ0v) is 13.8. The highest BCUT2D eigenvalue weighted by atomic mass is 32.3. The Balaban J connectivity index is 2.08. The number of rotatable bonds is 5. The summed E-state index contributed by atoms with van der Waals surface area (Å²) in [6.07, 6.45) is 0. The third-order valence-electron chi connectivity index (χ3n) is 3.08. The quantitative estimate of drug-likeness (QED) is 0.756. The lowest BCUT2D eigenvalue weighted by atomic mass is 10.2. The van der Waals surface area contributed by atoms with E-state index in [0.29, 0.717) is 5.56 Å². The average Bonchev–Trinajstić information content (AvgIpc) is 2.51. The Hall–Kier alpha value is -2.30. The molecule has 7 nitrogen and oxygen atoms in total. The predicted molar refractivity (Wildman–Crippen MR) is 83.7 cm³/mol. The second-order valence-corrected chi connectivity index (χ2v) is 7.75. The Labute approximate surface area is 138 Å². The molecule has 2 aromatic carbocycles. The molecule has 0 spiro atoms. The van der Waals surface area contributed by atoms with E-state index in [1.807, 2.05) is 0 Å². The summed E-state index contributed by atoms with van der Waals surface area (Å²) in [4.78, 5) is 11.3. The lowest BCUT2D eigenvalue weighted by Gasteiger charge is -2.07. The highest BCUT2D eigenvalue weighted by Crippen LogP contribution is 2.13. The van der Waals surface area contributed by atoms with Crippen LogP contribution in [0.1, 0.15) is 15.9 Å². The molecule has 3 N–H and O–H groups in total. The minimum atomic E-state index is -4.82. The van der Waals surface area contributed by atoms with Crippen LogP contribution in [-0.2, 0) is 26.8 Å². The SMILES string of the molecule is NS(=O)(=O)c1cccc(CNC(=O)c2ccc(S(=O)(=O)F)cc2)c1. The molecule has 0 aliphatic carbocycles. The molecule has 0 aliphatic heterocycles. The van der Waals surface area contributed by atoms with Crippen LogP contribution in [0, 0.1) is 0 Å². The number of nitrogens with one attached hydrogen (secondary N) is 1. The smallest absolute Gasteiger partial charge is 0.332 e. The minimum absolute atomic E-state index is 0.0331. The standard InChI is InChI=1S/C14H13FN2O5S2/c15-23(19,20)12-6-4-11(5-7-12)14(18)17-9-10-2-1-3-13(8-10)24(16,21)22/h1-8H,9H2,(H,17,18)(H2,16,21,22). The van der Waals surface area contributed by atoms with E-state index >= 15 is 0 Å². The van der Waals surface area contributed by atoms with E-state index in [1.165, 1.54) is 30.3 Å². The van der Waals surface area contributed by atoms with Gasteiger partial charge in [-0.1, -0.05) is 12.1 Å². The summed E-state index contributed by atoms with van der Waals surface area (Å²) in [7, 11) is -8.66. The molecule has 128 valence electrons. The molecule has 2 rings (SSSR count). The van der Waals surface area contributed by atoms with Gasteiger partial charge in [-0.25, -0.2) is 13.6 Å². The molecule has 0 aromatic heterocycles. The van der Waals surface area contributed by atoms with Crippen molar-refractivity contribution in [3.05, 3.63) is 59.7 Å². The van der Waals surface area contributed by atoms with Gasteiger partial charge in [-0.15, -0.1) is 3.89 Å². The zero-order chi connectivity index (χ0) is 18.0. The lowest BCUT2D eigenvalue weighted by Crippen LogP contribution is -2.23. The number of primary sulfonamides is 1. The van der Waals surface area contributed by atoms with E-state index in [4.69, 9.17) is 5.14 Å². The molecule has 24 heavy (non-hydrogen) atoms. The van der Waals surface area contributed by atoms with Crippen LogP contribution in [-0.4, -0.2) is 22.7 Å². The van der Waals surface area contributed by atoms with Crippen LogP contribution in [0.25, 0.3) is 0 Å². The van der Waals surface area contributed by atoms with Gasteiger partial charge in [0, 0.05) is 12.1 Å². The first-order chi connectivity index (χ1) is 11.1. The number of carbonyl (C=O) groups excluding carboxylic acids is 1. The number of sulfonamides is 1. The van der Waals surface area contributed by atoms with Crippen LogP contribution in [0.15, 0.2) is 58.3 Å². The number of hydrogen-bond donors (Lipinski definition) is 2. The Morgan fingerprint density at radius 2 is 1.62 bits per heavy atom. The van der Waals surface area contributed by atoms with Gasteiger partial charge < -0.3 is 5.32 Å². The van der Waals surface area contributed by atoms with Crippen molar-refractivity contribution in [3.8, 4) is 0 Å². The molecule has 0 bridgehead atoms. The molecule has 2 aromatic rings. The Bertz CT molecular complexity index is 970. The maximum Gasteiger partial charge on any atom is 0.332 e. The number of carbonyl (C=O) groups is 1. The fourth-order valence-corrected chi connectivity index (χ4v) is 2.93. The summed E-state index contributed by atoms with van der Waals surface area (Å²) in [5.74, 6) is -0.529. The van der Waals surface area contributed by atoms with Gasteiger partial charge in [0.25, 0.3) is 5.91 Å².